The van der Waals surface area contributed by atoms with Crippen LogP contribution >= 0.6 is 0 Å². The number of nitrogens with zero attached hydrogens (tertiary/aromatic N) is 1. The third kappa shape index (κ3) is 5.40. The number of halogens is 1. The lowest BCUT2D eigenvalue weighted by Crippen LogP contribution is -2.19. The van der Waals surface area contributed by atoms with E-state index in [1.54, 1.807) is 25.1 Å². The fraction of sp³-hybridized carbons (Fsp3) is 0.476. The molecular formula is C21H29FN2O3. The molecule has 27 heavy (non-hydrogen) atoms. The van der Waals surface area contributed by atoms with Crippen molar-refractivity contribution >= 4 is 5.97 Å². The molecule has 2 aromatic rings. The van der Waals surface area contributed by atoms with Gasteiger partial charge in [-0.1, -0.05) is 18.2 Å². The van der Waals surface area contributed by atoms with Crippen molar-refractivity contribution in [2.75, 3.05) is 13.2 Å². The highest BCUT2D eigenvalue weighted by Gasteiger charge is 2.22. The van der Waals surface area contributed by atoms with Crippen LogP contribution in [0.25, 0.3) is 0 Å². The zero-order chi connectivity index (χ0) is 20.0. The Morgan fingerprint density at radius 2 is 1.96 bits per heavy atom. The Hall–Kier alpha value is -2.18. The Balaban J connectivity index is 2.14. The summed E-state index contributed by atoms with van der Waals surface area (Å²) in [5.74, 6) is -1.24. The van der Waals surface area contributed by atoms with E-state index in [-0.39, 0.29) is 11.9 Å². The highest BCUT2D eigenvalue weighted by molar-refractivity contribution is 5.91. The number of aromatic nitrogens is 1. The zero-order valence-corrected chi connectivity index (χ0v) is 16.5. The van der Waals surface area contributed by atoms with Gasteiger partial charge in [0, 0.05) is 35.7 Å². The number of benzene rings is 1. The molecule has 6 heteroatoms. The van der Waals surface area contributed by atoms with Crippen LogP contribution in [0.4, 0.5) is 4.39 Å². The minimum atomic E-state index is -0.956. The van der Waals surface area contributed by atoms with Gasteiger partial charge in [0.15, 0.2) is 0 Å². The average Bonchev–Trinajstić information content (AvgIpc) is 2.84. The van der Waals surface area contributed by atoms with E-state index >= 15 is 0 Å². The SMILES string of the molecule is Cc1c(CNCCCOC(C)C)c(C(=O)O)c(C)n1Cc1ccccc1F. The van der Waals surface area contributed by atoms with Crippen molar-refractivity contribution in [3.63, 3.8) is 0 Å². The minimum absolute atomic E-state index is 0.209. The number of hydrogen-bond donors (Lipinski definition) is 2. The van der Waals surface area contributed by atoms with Crippen molar-refractivity contribution in [3.8, 4) is 0 Å². The fourth-order valence-electron chi connectivity index (χ4n) is 3.21. The van der Waals surface area contributed by atoms with Gasteiger partial charge >= 0.3 is 5.97 Å². The Kier molecular flexibility index (Phi) is 7.56. The van der Waals surface area contributed by atoms with Gasteiger partial charge in [-0.05, 0) is 46.7 Å². The smallest absolute Gasteiger partial charge is 0.337 e. The number of rotatable bonds is 10. The summed E-state index contributed by atoms with van der Waals surface area (Å²) in [4.78, 5) is 11.8. The average molecular weight is 376 g/mol. The van der Waals surface area contributed by atoms with Crippen LogP contribution in [0.2, 0.25) is 0 Å². The van der Waals surface area contributed by atoms with Gasteiger partial charge < -0.3 is 19.7 Å². The van der Waals surface area contributed by atoms with Gasteiger partial charge in [0.05, 0.1) is 18.2 Å². The van der Waals surface area contributed by atoms with Gasteiger partial charge in [0.1, 0.15) is 5.82 Å². The van der Waals surface area contributed by atoms with Crippen molar-refractivity contribution in [1.82, 2.24) is 9.88 Å². The van der Waals surface area contributed by atoms with Crippen molar-refractivity contribution < 1.29 is 19.0 Å². The number of aromatic carboxylic acids is 1. The van der Waals surface area contributed by atoms with Gasteiger partial charge in [-0.2, -0.15) is 0 Å². The maximum atomic E-state index is 14.0. The summed E-state index contributed by atoms with van der Waals surface area (Å²) >= 11 is 0. The summed E-state index contributed by atoms with van der Waals surface area (Å²) < 4.78 is 21.4. The lowest BCUT2D eigenvalue weighted by Gasteiger charge is -2.11. The second kappa shape index (κ2) is 9.67. The van der Waals surface area contributed by atoms with Gasteiger partial charge in [-0.15, -0.1) is 0 Å². The van der Waals surface area contributed by atoms with E-state index in [0.29, 0.717) is 36.5 Å². The van der Waals surface area contributed by atoms with Gasteiger partial charge in [0.25, 0.3) is 0 Å². The van der Waals surface area contributed by atoms with E-state index in [9.17, 15) is 14.3 Å². The summed E-state index contributed by atoms with van der Waals surface area (Å²) in [6.45, 7) is 9.84. The molecule has 0 unspecified atom stereocenters. The third-order valence-electron chi connectivity index (χ3n) is 4.66. The van der Waals surface area contributed by atoms with Gasteiger partial charge in [-0.25, -0.2) is 9.18 Å². The first-order chi connectivity index (χ1) is 12.8. The van der Waals surface area contributed by atoms with E-state index in [4.69, 9.17) is 4.74 Å². The largest absolute Gasteiger partial charge is 0.478 e. The zero-order valence-electron chi connectivity index (χ0n) is 16.5. The first-order valence-corrected chi connectivity index (χ1v) is 9.30. The topological polar surface area (TPSA) is 63.5 Å². The van der Waals surface area contributed by atoms with Crippen molar-refractivity contribution in [3.05, 3.63) is 58.2 Å². The first kappa shape index (κ1) is 21.1. The molecule has 1 aromatic heterocycles. The number of nitrogens with one attached hydrogen (secondary N) is 1. The predicted octanol–water partition coefficient (Wildman–Crippen LogP) is 3.90. The monoisotopic (exact) mass is 376 g/mol. The molecule has 1 aromatic carbocycles. The quantitative estimate of drug-likeness (QED) is 0.618. The van der Waals surface area contributed by atoms with Crippen LogP contribution < -0.4 is 5.32 Å². The van der Waals surface area contributed by atoms with E-state index in [1.165, 1.54) is 6.07 Å². The van der Waals surface area contributed by atoms with Crippen molar-refractivity contribution in [2.24, 2.45) is 0 Å². The molecule has 0 radical (unpaired) electrons. The van der Waals surface area contributed by atoms with Crippen LogP contribution in [0, 0.1) is 19.7 Å². The summed E-state index contributed by atoms with van der Waals surface area (Å²) in [5, 5.41) is 13.0. The second-order valence-corrected chi connectivity index (χ2v) is 6.96. The number of ether oxygens (including phenoxy) is 1. The van der Waals surface area contributed by atoms with Crippen LogP contribution in [-0.4, -0.2) is 34.9 Å². The second-order valence-electron chi connectivity index (χ2n) is 6.96. The molecule has 0 atom stereocenters. The van der Waals surface area contributed by atoms with Crippen LogP contribution in [0.15, 0.2) is 24.3 Å². The predicted molar refractivity (Wildman–Crippen MR) is 104 cm³/mol. The third-order valence-corrected chi connectivity index (χ3v) is 4.66. The minimum Gasteiger partial charge on any atom is -0.478 e. The summed E-state index contributed by atoms with van der Waals surface area (Å²) in [7, 11) is 0. The van der Waals surface area contributed by atoms with Gasteiger partial charge in [-0.3, -0.25) is 0 Å². The molecule has 0 saturated heterocycles. The molecular weight excluding hydrogens is 347 g/mol. The van der Waals surface area contributed by atoms with Crippen molar-refractivity contribution in [1.29, 1.82) is 0 Å². The maximum absolute atomic E-state index is 14.0. The van der Waals surface area contributed by atoms with Crippen LogP contribution in [-0.2, 0) is 17.8 Å². The van der Waals surface area contributed by atoms with E-state index in [1.807, 2.05) is 25.3 Å². The Bertz CT molecular complexity index is 784. The molecule has 0 aliphatic heterocycles. The van der Waals surface area contributed by atoms with E-state index in [2.05, 4.69) is 5.32 Å². The van der Waals surface area contributed by atoms with Crippen LogP contribution in [0.5, 0.6) is 0 Å². The molecule has 2 rings (SSSR count). The normalized spacial score (nSPS) is 11.3. The van der Waals surface area contributed by atoms with Crippen LogP contribution in [0.3, 0.4) is 0 Å². The summed E-state index contributed by atoms with van der Waals surface area (Å²) in [5.41, 5.74) is 3.08. The summed E-state index contributed by atoms with van der Waals surface area (Å²) in [6, 6.07) is 6.58. The number of carbonyl (C=O) groups is 1. The molecule has 148 valence electrons. The molecule has 0 bridgehead atoms. The van der Waals surface area contributed by atoms with Crippen molar-refractivity contribution in [2.45, 2.75) is 53.3 Å². The van der Waals surface area contributed by atoms with Crippen LogP contribution in [0.1, 0.15) is 53.1 Å². The van der Waals surface area contributed by atoms with Gasteiger partial charge in [0.2, 0.25) is 0 Å². The highest BCUT2D eigenvalue weighted by Crippen LogP contribution is 2.24. The molecule has 0 fully saturated rings. The lowest BCUT2D eigenvalue weighted by atomic mass is 10.1. The number of carboxylic acid groups (broad SMARTS) is 1. The Labute approximate surface area is 160 Å². The molecule has 5 nitrogen and oxygen atoms in total. The maximum Gasteiger partial charge on any atom is 0.337 e. The first-order valence-electron chi connectivity index (χ1n) is 9.30. The number of hydrogen-bond acceptors (Lipinski definition) is 3. The lowest BCUT2D eigenvalue weighted by molar-refractivity contribution is 0.0693. The molecule has 0 aliphatic rings. The van der Waals surface area contributed by atoms with E-state index in [0.717, 1.165) is 24.2 Å². The Morgan fingerprint density at radius 1 is 1.26 bits per heavy atom. The molecule has 2 N–H and O–H groups in total. The number of carboxylic acids is 1. The summed E-state index contributed by atoms with van der Waals surface area (Å²) in [6.07, 6.45) is 1.06. The molecule has 0 aliphatic carbocycles. The molecule has 0 amide bonds. The molecule has 0 saturated carbocycles. The molecule has 0 spiro atoms. The Morgan fingerprint density at radius 3 is 2.59 bits per heavy atom. The fourth-order valence-corrected chi connectivity index (χ4v) is 3.21. The van der Waals surface area contributed by atoms with E-state index < -0.39 is 5.97 Å². The highest BCUT2D eigenvalue weighted by atomic mass is 19.1. The standard InChI is InChI=1S/C21H29FN2O3/c1-14(2)27-11-7-10-23-12-18-15(3)24(16(4)20(18)21(25)26)13-17-8-5-6-9-19(17)22/h5-6,8-9,14,23H,7,10-13H2,1-4H3,(H,25,26). The molecule has 1 heterocycles.